The summed E-state index contributed by atoms with van der Waals surface area (Å²) in [6, 6.07) is 1.73. The molecule has 1 aromatic carbocycles. The van der Waals surface area contributed by atoms with Crippen molar-refractivity contribution < 1.29 is 0 Å². The third-order valence-electron chi connectivity index (χ3n) is 3.84. The number of nitrogens with one attached hydrogen (secondary N) is 2. The van der Waals surface area contributed by atoms with Gasteiger partial charge in [0.2, 0.25) is 0 Å². The SMILES string of the molecule is N=C(N)c1[nH]c2cc(Cl)c(Cl)c(Cl)c2c1N1CCCCC1. The van der Waals surface area contributed by atoms with Gasteiger partial charge in [-0.25, -0.2) is 0 Å². The number of amidine groups is 1. The first-order valence-corrected chi connectivity index (χ1v) is 7.92. The van der Waals surface area contributed by atoms with Crippen LogP contribution in [0.2, 0.25) is 15.1 Å². The summed E-state index contributed by atoms with van der Waals surface area (Å²) in [6.45, 7) is 1.84. The van der Waals surface area contributed by atoms with E-state index in [1.807, 2.05) is 0 Å². The molecular weight excluding hydrogens is 331 g/mol. The average Bonchev–Trinajstić information content (AvgIpc) is 2.85. The Morgan fingerprint density at radius 1 is 1.14 bits per heavy atom. The van der Waals surface area contributed by atoms with E-state index in [0.717, 1.165) is 42.5 Å². The molecular formula is C14H15Cl3N4. The number of H-pyrrole nitrogens is 1. The van der Waals surface area contributed by atoms with Gasteiger partial charge < -0.3 is 15.6 Å². The lowest BCUT2D eigenvalue weighted by molar-refractivity contribution is 0.578. The van der Waals surface area contributed by atoms with Crippen molar-refractivity contribution in [2.45, 2.75) is 19.3 Å². The van der Waals surface area contributed by atoms with Gasteiger partial charge in [0, 0.05) is 18.5 Å². The molecule has 0 atom stereocenters. The number of hydrogen-bond donors (Lipinski definition) is 3. The van der Waals surface area contributed by atoms with Gasteiger partial charge in [-0.3, -0.25) is 5.41 Å². The van der Waals surface area contributed by atoms with Crippen LogP contribution in [-0.2, 0) is 0 Å². The van der Waals surface area contributed by atoms with Crippen molar-refractivity contribution in [2.75, 3.05) is 18.0 Å². The average molecular weight is 346 g/mol. The molecule has 1 fully saturated rings. The van der Waals surface area contributed by atoms with Crippen molar-refractivity contribution in [1.82, 2.24) is 4.98 Å². The molecule has 4 nitrogen and oxygen atoms in total. The van der Waals surface area contributed by atoms with Crippen molar-refractivity contribution in [1.29, 1.82) is 5.41 Å². The summed E-state index contributed by atoms with van der Waals surface area (Å²) in [7, 11) is 0. The standard InChI is InChI=1S/C14H15Cl3N4/c15-7-6-8-9(11(17)10(7)16)13(12(20-8)14(18)19)21-4-2-1-3-5-21/h6,20H,1-5H2,(H3,18,19). The molecule has 1 aromatic heterocycles. The van der Waals surface area contributed by atoms with Gasteiger partial charge in [0.15, 0.2) is 0 Å². The van der Waals surface area contributed by atoms with Crippen LogP contribution < -0.4 is 10.6 Å². The molecule has 0 unspecified atom stereocenters. The molecule has 1 aliphatic rings. The fourth-order valence-electron chi connectivity index (χ4n) is 2.87. The Hall–Kier alpha value is -1.10. The quantitative estimate of drug-likeness (QED) is 0.429. The second-order valence-electron chi connectivity index (χ2n) is 5.22. The number of aromatic amines is 1. The molecule has 0 bridgehead atoms. The Morgan fingerprint density at radius 3 is 2.43 bits per heavy atom. The number of halogens is 3. The van der Waals surface area contributed by atoms with Crippen LogP contribution in [0, 0.1) is 5.41 Å². The summed E-state index contributed by atoms with van der Waals surface area (Å²) in [4.78, 5) is 5.37. The predicted octanol–water partition coefficient (Wildman–Crippen LogP) is 4.40. The third-order valence-corrected chi connectivity index (χ3v) is 5.10. The van der Waals surface area contributed by atoms with Crippen LogP contribution in [0.25, 0.3) is 10.9 Å². The maximum atomic E-state index is 7.82. The molecule has 4 N–H and O–H groups in total. The third kappa shape index (κ3) is 2.45. The van der Waals surface area contributed by atoms with Gasteiger partial charge in [-0.2, -0.15) is 0 Å². The first-order chi connectivity index (χ1) is 10.0. The van der Waals surface area contributed by atoms with Crippen LogP contribution in [0.15, 0.2) is 6.07 Å². The molecule has 7 heteroatoms. The zero-order valence-electron chi connectivity index (χ0n) is 11.3. The zero-order valence-corrected chi connectivity index (χ0v) is 13.5. The van der Waals surface area contributed by atoms with E-state index in [-0.39, 0.29) is 5.84 Å². The summed E-state index contributed by atoms with van der Waals surface area (Å²) < 4.78 is 0. The number of hydrogen-bond acceptors (Lipinski definition) is 2. The molecule has 0 radical (unpaired) electrons. The highest BCUT2D eigenvalue weighted by Crippen LogP contribution is 2.43. The zero-order chi connectivity index (χ0) is 15.1. The van der Waals surface area contributed by atoms with Crippen LogP contribution in [0.3, 0.4) is 0 Å². The first kappa shape index (κ1) is 14.8. The van der Waals surface area contributed by atoms with Gasteiger partial charge in [0.1, 0.15) is 11.5 Å². The minimum Gasteiger partial charge on any atom is -0.382 e. The van der Waals surface area contributed by atoms with Crippen LogP contribution in [0.4, 0.5) is 5.69 Å². The van der Waals surface area contributed by atoms with Crippen molar-refractivity contribution in [3.05, 3.63) is 26.8 Å². The summed E-state index contributed by atoms with van der Waals surface area (Å²) >= 11 is 18.7. The van der Waals surface area contributed by atoms with E-state index in [4.69, 9.17) is 45.9 Å². The minimum absolute atomic E-state index is 0.0184. The highest BCUT2D eigenvalue weighted by molar-refractivity contribution is 6.51. The summed E-state index contributed by atoms with van der Waals surface area (Å²) in [5, 5.41) is 9.73. The minimum atomic E-state index is -0.0184. The van der Waals surface area contributed by atoms with Crippen molar-refractivity contribution in [2.24, 2.45) is 5.73 Å². The van der Waals surface area contributed by atoms with E-state index in [2.05, 4.69) is 9.88 Å². The molecule has 1 aliphatic heterocycles. The Kier molecular flexibility index (Phi) is 3.95. The van der Waals surface area contributed by atoms with E-state index < -0.39 is 0 Å². The number of aromatic nitrogens is 1. The van der Waals surface area contributed by atoms with Gasteiger partial charge in [-0.05, 0) is 25.3 Å². The number of piperidine rings is 1. The number of nitrogens with zero attached hydrogens (tertiary/aromatic N) is 1. The van der Waals surface area contributed by atoms with Crippen molar-refractivity contribution in [3.63, 3.8) is 0 Å². The molecule has 0 aliphatic carbocycles. The van der Waals surface area contributed by atoms with E-state index in [9.17, 15) is 0 Å². The van der Waals surface area contributed by atoms with Gasteiger partial charge >= 0.3 is 0 Å². The maximum absolute atomic E-state index is 7.82. The first-order valence-electron chi connectivity index (χ1n) is 6.79. The molecule has 3 rings (SSSR count). The molecule has 1 saturated heterocycles. The van der Waals surface area contributed by atoms with Crippen molar-refractivity contribution >= 4 is 57.2 Å². The van der Waals surface area contributed by atoms with Crippen LogP contribution in [0.1, 0.15) is 25.0 Å². The summed E-state index contributed by atoms with van der Waals surface area (Å²) in [6.07, 6.45) is 3.44. The van der Waals surface area contributed by atoms with Gasteiger partial charge in [-0.15, -0.1) is 0 Å². The second kappa shape index (κ2) is 5.59. The van der Waals surface area contributed by atoms with Crippen LogP contribution in [0.5, 0.6) is 0 Å². The van der Waals surface area contributed by atoms with E-state index >= 15 is 0 Å². The Bertz CT molecular complexity index is 717. The van der Waals surface area contributed by atoms with Gasteiger partial charge in [-0.1, -0.05) is 34.8 Å². The number of rotatable bonds is 2. The lowest BCUT2D eigenvalue weighted by Crippen LogP contribution is -2.31. The van der Waals surface area contributed by atoms with E-state index in [1.54, 1.807) is 6.07 Å². The monoisotopic (exact) mass is 344 g/mol. The summed E-state index contributed by atoms with van der Waals surface area (Å²) in [5.74, 6) is -0.0184. The molecule has 2 heterocycles. The Morgan fingerprint density at radius 2 is 1.81 bits per heavy atom. The molecule has 0 amide bonds. The van der Waals surface area contributed by atoms with Crippen LogP contribution in [-0.4, -0.2) is 23.9 Å². The molecule has 112 valence electrons. The van der Waals surface area contributed by atoms with E-state index in [1.165, 1.54) is 6.42 Å². The number of benzene rings is 1. The highest BCUT2D eigenvalue weighted by Gasteiger charge is 2.24. The van der Waals surface area contributed by atoms with Crippen molar-refractivity contribution in [3.8, 4) is 0 Å². The highest BCUT2D eigenvalue weighted by atomic mass is 35.5. The van der Waals surface area contributed by atoms with Gasteiger partial charge in [0.25, 0.3) is 0 Å². The fraction of sp³-hybridized carbons (Fsp3) is 0.357. The normalized spacial score (nSPS) is 15.7. The lowest BCUT2D eigenvalue weighted by atomic mass is 10.1. The predicted molar refractivity (Wildman–Crippen MR) is 90.4 cm³/mol. The number of fused-ring (bicyclic) bond motifs is 1. The lowest BCUT2D eigenvalue weighted by Gasteiger charge is -2.29. The maximum Gasteiger partial charge on any atom is 0.141 e. The number of nitrogens with two attached hydrogens (primary N) is 1. The Balaban J connectivity index is 2.30. The fourth-order valence-corrected chi connectivity index (χ4v) is 3.57. The van der Waals surface area contributed by atoms with Crippen LogP contribution >= 0.6 is 34.8 Å². The smallest absolute Gasteiger partial charge is 0.141 e. The molecule has 21 heavy (non-hydrogen) atoms. The number of anilines is 1. The topological polar surface area (TPSA) is 68.9 Å². The van der Waals surface area contributed by atoms with Gasteiger partial charge in [0.05, 0.1) is 26.3 Å². The second-order valence-corrected chi connectivity index (χ2v) is 6.38. The molecule has 0 spiro atoms. The summed E-state index contributed by atoms with van der Waals surface area (Å²) in [5.41, 5.74) is 7.92. The largest absolute Gasteiger partial charge is 0.382 e. The van der Waals surface area contributed by atoms with E-state index in [0.29, 0.717) is 20.8 Å². The Labute approximate surface area is 137 Å². The molecule has 2 aromatic rings. The number of nitrogen functional groups attached to an aromatic ring is 1. The molecule has 0 saturated carbocycles.